The third kappa shape index (κ3) is 6.47. The van der Waals surface area contributed by atoms with Crippen molar-refractivity contribution in [3.63, 3.8) is 0 Å². The largest absolute Gasteiger partial charge is 0.472 e. The summed E-state index contributed by atoms with van der Waals surface area (Å²) in [4.78, 5) is 31.6. The van der Waals surface area contributed by atoms with E-state index in [4.69, 9.17) is 19.4 Å². The molecule has 1 unspecified atom stereocenters. The average molecular weight is 788 g/mol. The highest BCUT2D eigenvalue weighted by Crippen LogP contribution is 2.47. The minimum Gasteiger partial charge on any atom is -0.472 e. The van der Waals surface area contributed by atoms with Crippen LogP contribution in [0.2, 0.25) is 16.6 Å². The summed E-state index contributed by atoms with van der Waals surface area (Å²) in [7, 11) is -3.94. The van der Waals surface area contributed by atoms with Crippen LogP contribution >= 0.6 is 0 Å². The topological polar surface area (TPSA) is 97.8 Å². The molecule has 2 saturated heterocycles. The number of hydrogen-bond acceptors (Lipinski definition) is 8. The fourth-order valence-corrected chi connectivity index (χ4v) is 15.2. The van der Waals surface area contributed by atoms with Crippen molar-refractivity contribution < 1.29 is 27.3 Å². The number of carbonyl (C=O) groups is 1. The molecule has 7 rings (SSSR count). The van der Waals surface area contributed by atoms with Crippen LogP contribution in [0.25, 0.3) is 32.9 Å². The molecule has 2 aromatic carbocycles. The highest BCUT2D eigenvalue weighted by Gasteiger charge is 2.54. The van der Waals surface area contributed by atoms with E-state index < -0.39 is 48.3 Å². The van der Waals surface area contributed by atoms with E-state index in [-0.39, 0.29) is 51.4 Å². The van der Waals surface area contributed by atoms with Crippen LogP contribution in [0.15, 0.2) is 35.5 Å². The van der Waals surface area contributed by atoms with Gasteiger partial charge in [-0.15, -0.1) is 5.54 Å². The number of ether oxygens (including phenoxy) is 2. The maximum absolute atomic E-state index is 17.4. The molecule has 3 aliphatic heterocycles. The first-order chi connectivity index (χ1) is 25.8. The first-order valence-electron chi connectivity index (χ1n) is 19.3. The van der Waals surface area contributed by atoms with Gasteiger partial charge in [0.05, 0.1) is 34.5 Å². The van der Waals surface area contributed by atoms with Crippen LogP contribution in [0.4, 0.5) is 19.4 Å². The van der Waals surface area contributed by atoms with Crippen molar-refractivity contribution >= 4 is 52.5 Å². The Bertz CT molecular complexity index is 2280. The maximum Gasteiger partial charge on any atom is 0.410 e. The fourth-order valence-electron chi connectivity index (χ4n) is 9.60. The lowest BCUT2D eigenvalue weighted by Crippen LogP contribution is -2.65. The molecule has 2 fully saturated rings. The van der Waals surface area contributed by atoms with Crippen LogP contribution < -0.4 is 9.64 Å². The van der Waals surface area contributed by atoms with E-state index in [9.17, 15) is 9.00 Å². The SMILES string of the molecule is CC(C)[Si](C#Cc1c(F)ccc2cccc(-c3nc4c5c(nc(S(C)=O)nc5c3F)N3C[C@H]5CC[C@@H]([C@H]3[C@@H](C)O4)N5C(=O)OC(C)(C)C)c12)(C(C)C)C(C)C. The predicted octanol–water partition coefficient (Wildman–Crippen LogP) is 9.17. The van der Waals surface area contributed by atoms with Crippen molar-refractivity contribution in [2.45, 2.75) is 134 Å². The predicted molar refractivity (Wildman–Crippen MR) is 217 cm³/mol. The summed E-state index contributed by atoms with van der Waals surface area (Å²) in [5, 5.41) is 1.37. The summed E-state index contributed by atoms with van der Waals surface area (Å²) < 4.78 is 59.1. The van der Waals surface area contributed by atoms with E-state index >= 15 is 8.78 Å². The summed E-state index contributed by atoms with van der Waals surface area (Å²) in [6.45, 7) is 21.1. The smallest absolute Gasteiger partial charge is 0.410 e. The van der Waals surface area contributed by atoms with Crippen LogP contribution in [0, 0.1) is 23.1 Å². The van der Waals surface area contributed by atoms with Gasteiger partial charge in [-0.25, -0.2) is 28.5 Å². The summed E-state index contributed by atoms with van der Waals surface area (Å²) >= 11 is 0. The summed E-state index contributed by atoms with van der Waals surface area (Å²) in [6, 6.07) is 7.58. The van der Waals surface area contributed by atoms with Gasteiger partial charge in [0, 0.05) is 23.8 Å². The summed E-state index contributed by atoms with van der Waals surface area (Å²) in [5.41, 5.74) is 4.33. The minimum absolute atomic E-state index is 0.0346. The van der Waals surface area contributed by atoms with Crippen LogP contribution in [-0.2, 0) is 15.5 Å². The molecule has 1 amide bonds. The van der Waals surface area contributed by atoms with Gasteiger partial charge in [0.15, 0.2) is 5.82 Å². The standard InChI is InChI=1S/C42H51F2N5O4SSi/c1-22(2)55(23(3)4,24(5)6)20-19-28-30(43)17-15-26-13-12-14-29(32(26)28)35-34(44)36-33-38(47-40(46-36)54(11)51)48-21-27-16-18-31(37(48)25(7)52-39(33)45-35)49(27)41(50)53-42(8,9)10/h12-15,17,22-25,27,31,37H,16,18,21H2,1-11H3/t25-,27-,31+,37-,54?/m1/s1. The van der Waals surface area contributed by atoms with E-state index in [1.54, 1.807) is 18.2 Å². The molecule has 0 saturated carbocycles. The number of carbonyl (C=O) groups excluding carboxylic acids is 1. The number of anilines is 1. The molecule has 3 aliphatic rings. The van der Waals surface area contributed by atoms with E-state index in [1.807, 2.05) is 38.7 Å². The number of piperazine rings is 1. The third-order valence-corrected chi connectivity index (χ3v) is 18.8. The third-order valence-electron chi connectivity index (χ3n) is 11.9. The molecular formula is C42H51F2N5O4SSi. The Hall–Kier alpha value is -4.15. The average Bonchev–Trinajstić information content (AvgIpc) is 3.35. The van der Waals surface area contributed by atoms with E-state index in [1.165, 1.54) is 12.3 Å². The molecule has 0 N–H and O–H groups in total. The Morgan fingerprint density at radius 1 is 1.00 bits per heavy atom. The Morgan fingerprint density at radius 3 is 2.33 bits per heavy atom. The molecule has 2 bridgehead atoms. The van der Waals surface area contributed by atoms with Gasteiger partial charge in [0.25, 0.3) is 0 Å². The van der Waals surface area contributed by atoms with Crippen molar-refractivity contribution in [2.24, 2.45) is 0 Å². The van der Waals surface area contributed by atoms with Crippen molar-refractivity contribution in [3.05, 3.63) is 47.5 Å². The molecule has 55 heavy (non-hydrogen) atoms. The van der Waals surface area contributed by atoms with Gasteiger partial charge in [-0.1, -0.05) is 71.7 Å². The zero-order chi connectivity index (χ0) is 39.9. The van der Waals surface area contributed by atoms with E-state index in [2.05, 4.69) is 62.9 Å². The van der Waals surface area contributed by atoms with Crippen molar-refractivity contribution in [3.8, 4) is 28.6 Å². The molecule has 5 heterocycles. The molecule has 0 radical (unpaired) electrons. The number of hydrogen-bond donors (Lipinski definition) is 0. The number of halogens is 2. The number of fused-ring (bicyclic) bond motifs is 6. The molecule has 4 aromatic rings. The molecule has 2 aromatic heterocycles. The van der Waals surface area contributed by atoms with Gasteiger partial charge in [-0.05, 0) is 68.6 Å². The molecule has 5 atom stereocenters. The van der Waals surface area contributed by atoms with Gasteiger partial charge in [0.2, 0.25) is 11.0 Å². The molecule has 292 valence electrons. The lowest BCUT2D eigenvalue weighted by molar-refractivity contribution is 0.000948. The van der Waals surface area contributed by atoms with Crippen LogP contribution in [0.1, 0.15) is 87.6 Å². The molecule has 0 spiro atoms. The normalized spacial score (nSPS) is 21.5. The Kier molecular flexibility index (Phi) is 10.0. The van der Waals surface area contributed by atoms with E-state index in [0.717, 1.165) is 6.42 Å². The molecule has 9 nitrogen and oxygen atoms in total. The van der Waals surface area contributed by atoms with Crippen molar-refractivity contribution in [1.82, 2.24) is 19.9 Å². The Morgan fingerprint density at radius 2 is 1.69 bits per heavy atom. The second kappa shape index (κ2) is 14.1. The van der Waals surface area contributed by atoms with Gasteiger partial charge >= 0.3 is 6.09 Å². The fraction of sp³-hybridized carbons (Fsp3) is 0.524. The Labute approximate surface area is 326 Å². The number of amides is 1. The van der Waals surface area contributed by atoms with Gasteiger partial charge in [-0.2, -0.15) is 0 Å². The summed E-state index contributed by atoms with van der Waals surface area (Å²) in [5.74, 6) is 2.54. The second-order valence-electron chi connectivity index (χ2n) is 17.2. The van der Waals surface area contributed by atoms with Crippen LogP contribution in [0.5, 0.6) is 5.88 Å². The van der Waals surface area contributed by atoms with Crippen molar-refractivity contribution in [2.75, 3.05) is 17.7 Å². The van der Waals surface area contributed by atoms with Gasteiger partial charge in [0.1, 0.15) is 48.0 Å². The Balaban J connectivity index is 1.45. The quantitative estimate of drug-likeness (QED) is 0.112. The zero-order valence-electron chi connectivity index (χ0n) is 33.6. The second-order valence-corrected chi connectivity index (χ2v) is 24.1. The van der Waals surface area contributed by atoms with Crippen molar-refractivity contribution in [1.29, 1.82) is 0 Å². The number of rotatable bonds is 5. The zero-order valence-corrected chi connectivity index (χ0v) is 35.4. The van der Waals surface area contributed by atoms with Gasteiger partial charge in [-0.3, -0.25) is 9.11 Å². The lowest BCUT2D eigenvalue weighted by Gasteiger charge is -2.48. The van der Waals surface area contributed by atoms with Crippen LogP contribution in [-0.4, -0.2) is 80.9 Å². The highest BCUT2D eigenvalue weighted by molar-refractivity contribution is 7.84. The highest BCUT2D eigenvalue weighted by atomic mass is 32.2. The number of nitrogens with zero attached hydrogens (tertiary/aromatic N) is 5. The maximum atomic E-state index is 17.4. The molecule has 13 heteroatoms. The minimum atomic E-state index is -2.27. The first-order valence-corrected chi connectivity index (χ1v) is 23.1. The van der Waals surface area contributed by atoms with E-state index in [0.29, 0.717) is 51.7 Å². The molecular weight excluding hydrogens is 737 g/mol. The molecule has 0 aliphatic carbocycles. The number of pyridine rings is 1. The number of benzene rings is 2. The van der Waals surface area contributed by atoms with Crippen LogP contribution in [0.3, 0.4) is 0 Å². The first kappa shape index (κ1) is 39.1. The summed E-state index contributed by atoms with van der Waals surface area (Å²) in [6.07, 6.45) is 1.99. The number of aromatic nitrogens is 3. The monoisotopic (exact) mass is 787 g/mol. The van der Waals surface area contributed by atoms with Gasteiger partial charge < -0.3 is 14.4 Å². The lowest BCUT2D eigenvalue weighted by atomic mass is 9.96.